The summed E-state index contributed by atoms with van der Waals surface area (Å²) in [4.78, 5) is 24.6. The van der Waals surface area contributed by atoms with Crippen LogP contribution in [-0.4, -0.2) is 29.8 Å². The van der Waals surface area contributed by atoms with Gasteiger partial charge in [-0.2, -0.15) is 0 Å². The Hall–Kier alpha value is -1.36. The number of nitrogens with zero attached hydrogens (tertiary/aromatic N) is 1. The van der Waals surface area contributed by atoms with E-state index in [0.29, 0.717) is 6.54 Å². The van der Waals surface area contributed by atoms with Gasteiger partial charge in [0.2, 0.25) is 11.8 Å². The predicted molar refractivity (Wildman–Crippen MR) is 75.3 cm³/mol. The van der Waals surface area contributed by atoms with Crippen molar-refractivity contribution in [3.05, 3.63) is 28.7 Å². The van der Waals surface area contributed by atoms with Crippen LogP contribution in [0.2, 0.25) is 0 Å². The second-order valence-corrected chi connectivity index (χ2v) is 4.91. The first-order valence-corrected chi connectivity index (χ1v) is 6.63. The van der Waals surface area contributed by atoms with Crippen molar-refractivity contribution in [2.24, 2.45) is 0 Å². The van der Waals surface area contributed by atoms with Crippen molar-refractivity contribution in [3.63, 3.8) is 0 Å². The number of hydrogen-bond donors (Lipinski definition) is 1. The maximum Gasteiger partial charge on any atom is 0.243 e. The molecule has 2 amide bonds. The normalized spacial score (nSPS) is 9.94. The molecular weight excluding hydrogens is 296 g/mol. The SMILES string of the molecule is CCCN(CC(=O)Nc1ccc(Br)cc1)C(C)=O. The molecular formula is C13H17BrN2O2. The molecule has 0 unspecified atom stereocenters. The van der Waals surface area contributed by atoms with E-state index in [4.69, 9.17) is 0 Å². The van der Waals surface area contributed by atoms with E-state index in [1.165, 1.54) is 11.8 Å². The largest absolute Gasteiger partial charge is 0.334 e. The highest BCUT2D eigenvalue weighted by molar-refractivity contribution is 9.10. The Morgan fingerprint density at radius 1 is 1.28 bits per heavy atom. The van der Waals surface area contributed by atoms with Crippen LogP contribution in [0.25, 0.3) is 0 Å². The number of nitrogens with one attached hydrogen (secondary N) is 1. The second kappa shape index (κ2) is 7.16. The van der Waals surface area contributed by atoms with E-state index in [1.54, 1.807) is 12.1 Å². The number of amides is 2. The van der Waals surface area contributed by atoms with Gasteiger partial charge < -0.3 is 10.2 Å². The van der Waals surface area contributed by atoms with Gasteiger partial charge >= 0.3 is 0 Å². The summed E-state index contributed by atoms with van der Waals surface area (Å²) in [6.07, 6.45) is 0.838. The van der Waals surface area contributed by atoms with Gasteiger partial charge in [-0.15, -0.1) is 0 Å². The molecule has 4 nitrogen and oxygen atoms in total. The lowest BCUT2D eigenvalue weighted by Gasteiger charge is -2.19. The Labute approximate surface area is 115 Å². The van der Waals surface area contributed by atoms with Crippen molar-refractivity contribution in [3.8, 4) is 0 Å². The zero-order valence-corrected chi connectivity index (χ0v) is 12.2. The van der Waals surface area contributed by atoms with Crippen LogP contribution >= 0.6 is 15.9 Å². The van der Waals surface area contributed by atoms with E-state index in [9.17, 15) is 9.59 Å². The van der Waals surface area contributed by atoms with Crippen LogP contribution < -0.4 is 5.32 Å². The Bertz CT molecular complexity index is 418. The average Bonchev–Trinajstić information content (AvgIpc) is 2.31. The zero-order valence-electron chi connectivity index (χ0n) is 10.6. The van der Waals surface area contributed by atoms with Crippen LogP contribution in [0.15, 0.2) is 28.7 Å². The van der Waals surface area contributed by atoms with Crippen molar-refractivity contribution < 1.29 is 9.59 Å². The highest BCUT2D eigenvalue weighted by atomic mass is 79.9. The first-order chi connectivity index (χ1) is 8.52. The van der Waals surface area contributed by atoms with Crippen molar-refractivity contribution >= 4 is 33.4 Å². The maximum absolute atomic E-state index is 11.8. The standard InChI is InChI=1S/C13H17BrN2O2/c1-3-8-16(10(2)17)9-13(18)15-12-6-4-11(14)5-7-12/h4-7H,3,8-9H2,1-2H3,(H,15,18). The van der Waals surface area contributed by atoms with E-state index >= 15 is 0 Å². The molecule has 0 spiro atoms. The molecule has 1 rings (SSSR count). The molecule has 98 valence electrons. The van der Waals surface area contributed by atoms with Gasteiger partial charge in [-0.1, -0.05) is 22.9 Å². The number of anilines is 1. The molecule has 0 heterocycles. The van der Waals surface area contributed by atoms with Gasteiger partial charge in [0.25, 0.3) is 0 Å². The van der Waals surface area contributed by atoms with Crippen LogP contribution in [0, 0.1) is 0 Å². The van der Waals surface area contributed by atoms with Crippen LogP contribution in [0.5, 0.6) is 0 Å². The quantitative estimate of drug-likeness (QED) is 0.908. The summed E-state index contributed by atoms with van der Waals surface area (Å²) in [5.74, 6) is -0.260. The smallest absolute Gasteiger partial charge is 0.243 e. The third kappa shape index (κ3) is 4.87. The monoisotopic (exact) mass is 312 g/mol. The van der Waals surface area contributed by atoms with Crippen molar-refractivity contribution in [1.82, 2.24) is 4.90 Å². The zero-order chi connectivity index (χ0) is 13.5. The van der Waals surface area contributed by atoms with E-state index in [0.717, 1.165) is 16.6 Å². The Kier molecular flexibility index (Phi) is 5.85. The predicted octanol–water partition coefficient (Wildman–Crippen LogP) is 2.65. The van der Waals surface area contributed by atoms with Gasteiger partial charge in [0.1, 0.15) is 0 Å². The Morgan fingerprint density at radius 2 is 1.89 bits per heavy atom. The van der Waals surface area contributed by atoms with Crippen LogP contribution in [0.3, 0.4) is 0 Å². The summed E-state index contributed by atoms with van der Waals surface area (Å²) >= 11 is 3.33. The maximum atomic E-state index is 11.8. The number of rotatable bonds is 5. The highest BCUT2D eigenvalue weighted by Crippen LogP contribution is 2.14. The topological polar surface area (TPSA) is 49.4 Å². The minimum Gasteiger partial charge on any atom is -0.334 e. The fraction of sp³-hybridized carbons (Fsp3) is 0.385. The first kappa shape index (κ1) is 14.7. The molecule has 0 bridgehead atoms. The molecule has 0 aliphatic carbocycles. The second-order valence-electron chi connectivity index (χ2n) is 4.00. The summed E-state index contributed by atoms with van der Waals surface area (Å²) in [7, 11) is 0. The lowest BCUT2D eigenvalue weighted by atomic mass is 10.3. The number of carbonyl (C=O) groups is 2. The molecule has 0 aliphatic rings. The minimum absolute atomic E-state index is 0.0807. The molecule has 1 aromatic rings. The van der Waals surface area contributed by atoms with Crippen molar-refractivity contribution in [1.29, 1.82) is 0 Å². The molecule has 1 N–H and O–H groups in total. The minimum atomic E-state index is -0.180. The van der Waals surface area contributed by atoms with Crippen molar-refractivity contribution in [2.45, 2.75) is 20.3 Å². The summed E-state index contributed by atoms with van der Waals surface area (Å²) in [6, 6.07) is 7.31. The number of halogens is 1. The lowest BCUT2D eigenvalue weighted by Crippen LogP contribution is -2.37. The van der Waals surface area contributed by atoms with Gasteiger partial charge in [-0.3, -0.25) is 9.59 Å². The van der Waals surface area contributed by atoms with Crippen molar-refractivity contribution in [2.75, 3.05) is 18.4 Å². The van der Waals surface area contributed by atoms with Gasteiger partial charge in [0.15, 0.2) is 0 Å². The van der Waals surface area contributed by atoms with E-state index < -0.39 is 0 Å². The lowest BCUT2D eigenvalue weighted by molar-refractivity contribution is -0.132. The number of hydrogen-bond acceptors (Lipinski definition) is 2. The number of carbonyl (C=O) groups excluding carboxylic acids is 2. The van der Waals surface area contributed by atoms with E-state index in [2.05, 4.69) is 21.2 Å². The van der Waals surface area contributed by atoms with Crippen LogP contribution in [0.1, 0.15) is 20.3 Å². The first-order valence-electron chi connectivity index (χ1n) is 5.84. The van der Waals surface area contributed by atoms with Gasteiger partial charge in [0.05, 0.1) is 6.54 Å². The molecule has 5 heteroatoms. The molecule has 0 fully saturated rings. The van der Waals surface area contributed by atoms with E-state index in [-0.39, 0.29) is 18.4 Å². The third-order valence-corrected chi connectivity index (χ3v) is 2.93. The Balaban J connectivity index is 2.54. The molecule has 0 aliphatic heterocycles. The summed E-state index contributed by atoms with van der Waals surface area (Å²) in [6.45, 7) is 4.15. The van der Waals surface area contributed by atoms with Gasteiger partial charge in [0, 0.05) is 23.6 Å². The van der Waals surface area contributed by atoms with Gasteiger partial charge in [-0.05, 0) is 30.7 Å². The summed E-state index contributed by atoms with van der Waals surface area (Å²) in [5, 5.41) is 2.76. The molecule has 0 radical (unpaired) electrons. The molecule has 0 atom stereocenters. The fourth-order valence-electron chi connectivity index (χ4n) is 1.52. The molecule has 0 saturated carbocycles. The number of benzene rings is 1. The summed E-state index contributed by atoms with van der Waals surface area (Å²) < 4.78 is 0.955. The van der Waals surface area contributed by atoms with Crippen LogP contribution in [0.4, 0.5) is 5.69 Å². The van der Waals surface area contributed by atoms with E-state index in [1.807, 2.05) is 19.1 Å². The van der Waals surface area contributed by atoms with Gasteiger partial charge in [-0.25, -0.2) is 0 Å². The molecule has 0 aromatic heterocycles. The Morgan fingerprint density at radius 3 is 2.39 bits per heavy atom. The molecule has 0 saturated heterocycles. The van der Waals surface area contributed by atoms with Crippen LogP contribution in [-0.2, 0) is 9.59 Å². The molecule has 18 heavy (non-hydrogen) atoms. The molecule has 1 aromatic carbocycles. The average molecular weight is 313 g/mol. The third-order valence-electron chi connectivity index (χ3n) is 2.40. The fourth-order valence-corrected chi connectivity index (χ4v) is 1.79. The summed E-state index contributed by atoms with van der Waals surface area (Å²) in [5.41, 5.74) is 0.725. The highest BCUT2D eigenvalue weighted by Gasteiger charge is 2.12.